The number of carbonyl (C=O) groups excluding carboxylic acids is 1. The summed E-state index contributed by atoms with van der Waals surface area (Å²) < 4.78 is 50.8. The number of ether oxygens (including phenoxy) is 1. The van der Waals surface area contributed by atoms with Gasteiger partial charge in [-0.1, -0.05) is 6.07 Å². The van der Waals surface area contributed by atoms with Crippen LogP contribution in [0.1, 0.15) is 11.3 Å². The Morgan fingerprint density at radius 2 is 1.86 bits per heavy atom. The molecule has 4 rings (SSSR count). The molecular formula is C22H15F3N3NaO5S. The minimum atomic E-state index is -4.86. The molecule has 2 heterocycles. The Labute approximate surface area is 221 Å². The second-order valence-corrected chi connectivity index (χ2v) is 8.20. The van der Waals surface area contributed by atoms with E-state index in [4.69, 9.17) is 4.74 Å². The van der Waals surface area contributed by atoms with Gasteiger partial charge >= 0.3 is 41.4 Å². The summed E-state index contributed by atoms with van der Waals surface area (Å²) >= 11 is 1.15. The van der Waals surface area contributed by atoms with Crippen molar-refractivity contribution < 1.29 is 57.4 Å². The van der Waals surface area contributed by atoms with E-state index in [0.29, 0.717) is 36.5 Å². The van der Waals surface area contributed by atoms with E-state index in [0.717, 1.165) is 24.1 Å². The number of aliphatic carboxylic acids is 1. The minimum absolute atomic E-state index is 0. The van der Waals surface area contributed by atoms with E-state index in [1.807, 2.05) is 6.92 Å². The predicted molar refractivity (Wildman–Crippen MR) is 116 cm³/mol. The molecule has 0 aliphatic heterocycles. The summed E-state index contributed by atoms with van der Waals surface area (Å²) in [6.45, 7) is 1.17. The molecule has 0 aliphatic carbocycles. The number of fused-ring (bicyclic) bond motifs is 1. The van der Waals surface area contributed by atoms with Crippen molar-refractivity contribution in [3.05, 3.63) is 74.6 Å². The van der Waals surface area contributed by atoms with Crippen LogP contribution < -0.4 is 50.6 Å². The van der Waals surface area contributed by atoms with Gasteiger partial charge in [-0.2, -0.15) is 17.5 Å². The van der Waals surface area contributed by atoms with E-state index < -0.39 is 35.7 Å². The Bertz CT molecular complexity index is 1560. The van der Waals surface area contributed by atoms with Crippen molar-refractivity contribution in [2.75, 3.05) is 6.61 Å². The fourth-order valence-corrected chi connectivity index (χ4v) is 4.25. The van der Waals surface area contributed by atoms with E-state index >= 15 is 0 Å². The number of alkyl halides is 3. The van der Waals surface area contributed by atoms with Crippen LogP contribution in [-0.4, -0.2) is 26.1 Å². The summed E-state index contributed by atoms with van der Waals surface area (Å²) in [5.41, 5.74) is -1.63. The Morgan fingerprint density at radius 3 is 2.51 bits per heavy atom. The smallest absolute Gasteiger partial charge is 0.546 e. The van der Waals surface area contributed by atoms with Crippen molar-refractivity contribution in [3.63, 3.8) is 0 Å². The van der Waals surface area contributed by atoms with Gasteiger partial charge in [-0.3, -0.25) is 9.36 Å². The number of aryl methyl sites for hydroxylation is 1. The summed E-state index contributed by atoms with van der Waals surface area (Å²) in [5, 5.41) is 11.2. The van der Waals surface area contributed by atoms with Crippen LogP contribution in [0.25, 0.3) is 27.0 Å². The zero-order valence-corrected chi connectivity index (χ0v) is 21.5. The van der Waals surface area contributed by atoms with Gasteiger partial charge in [0.2, 0.25) is 0 Å². The molecule has 0 bridgehead atoms. The maximum absolute atomic E-state index is 13.2. The Balaban J connectivity index is 0.00000342. The third-order valence-corrected chi connectivity index (χ3v) is 5.97. The van der Waals surface area contributed by atoms with E-state index in [2.05, 4.69) is 4.37 Å². The van der Waals surface area contributed by atoms with Gasteiger partial charge in [-0.25, -0.2) is 9.36 Å². The normalized spacial score (nSPS) is 11.3. The van der Waals surface area contributed by atoms with E-state index in [1.54, 1.807) is 24.3 Å². The molecule has 0 spiro atoms. The second-order valence-electron chi connectivity index (χ2n) is 7.39. The van der Waals surface area contributed by atoms with Gasteiger partial charge in [0.25, 0.3) is 5.56 Å². The van der Waals surface area contributed by atoms with E-state index in [-0.39, 0.29) is 41.0 Å². The summed E-state index contributed by atoms with van der Waals surface area (Å²) in [5.74, 6) is -1.11. The number of rotatable bonds is 5. The van der Waals surface area contributed by atoms with Crippen molar-refractivity contribution in [2.24, 2.45) is 7.05 Å². The molecule has 2 aromatic carbocycles. The second kappa shape index (κ2) is 9.97. The number of nitrogens with zero attached hydrogens (tertiary/aromatic N) is 3. The molecule has 0 fully saturated rings. The molecule has 0 saturated heterocycles. The van der Waals surface area contributed by atoms with Crippen LogP contribution in [0.2, 0.25) is 0 Å². The third kappa shape index (κ3) is 5.20. The molecular weight excluding hydrogens is 498 g/mol. The quantitative estimate of drug-likeness (QED) is 0.326. The first-order valence-corrected chi connectivity index (χ1v) is 10.5. The Morgan fingerprint density at radius 1 is 1.14 bits per heavy atom. The van der Waals surface area contributed by atoms with Gasteiger partial charge in [-0.15, -0.1) is 0 Å². The summed E-state index contributed by atoms with van der Waals surface area (Å²) in [6.07, 6.45) is -4.86. The van der Waals surface area contributed by atoms with Gasteiger partial charge in [0.15, 0.2) is 0 Å². The minimum Gasteiger partial charge on any atom is -0.546 e. The number of carbonyl (C=O) groups is 1. The monoisotopic (exact) mass is 513 g/mol. The van der Waals surface area contributed by atoms with Gasteiger partial charge in [0.1, 0.15) is 18.1 Å². The molecule has 2 aromatic heterocycles. The molecule has 13 heteroatoms. The number of carboxylic acids is 1. The molecule has 0 unspecified atom stereocenters. The SMILES string of the molecule is Cc1ccc(OCC(=O)[O-])cc1-c1nsc2ccc(-n3c(=O)cc(C(F)(F)F)n(C)c3=O)cc12.[Na+]. The van der Waals surface area contributed by atoms with Crippen LogP contribution in [0.15, 0.2) is 52.1 Å². The summed E-state index contributed by atoms with van der Waals surface area (Å²) in [6, 6.07) is 9.84. The van der Waals surface area contributed by atoms with Crippen molar-refractivity contribution in [1.82, 2.24) is 13.5 Å². The Hall–Kier alpha value is -2.93. The van der Waals surface area contributed by atoms with Crippen LogP contribution in [0, 0.1) is 6.92 Å². The maximum Gasteiger partial charge on any atom is 1.00 e. The van der Waals surface area contributed by atoms with Gasteiger partial charge in [0.05, 0.1) is 22.1 Å². The fraction of sp³-hybridized carbons (Fsp3) is 0.182. The summed E-state index contributed by atoms with van der Waals surface area (Å²) in [4.78, 5) is 35.8. The Kier molecular flexibility index (Phi) is 7.60. The molecule has 0 N–H and O–H groups in total. The molecule has 0 radical (unpaired) electrons. The molecule has 0 saturated carbocycles. The van der Waals surface area contributed by atoms with Crippen molar-refractivity contribution in [3.8, 4) is 22.7 Å². The molecule has 8 nitrogen and oxygen atoms in total. The van der Waals surface area contributed by atoms with Crippen LogP contribution in [0.5, 0.6) is 5.75 Å². The number of hydrogen-bond acceptors (Lipinski definition) is 7. The first-order chi connectivity index (χ1) is 16.0. The molecule has 176 valence electrons. The molecule has 0 atom stereocenters. The average Bonchev–Trinajstić information content (AvgIpc) is 3.18. The standard InChI is InChI=1S/C22H16F3N3O5S.Na/c1-11-3-5-13(33-10-19(30)31)8-14(11)20-15-7-12(4-6-16(15)34-26-20)28-18(29)9-17(22(23,24)25)27(2)21(28)32;/h3-9H,10H2,1-2H3,(H,30,31);/q;+1/p-1. The fourth-order valence-electron chi connectivity index (χ4n) is 3.48. The van der Waals surface area contributed by atoms with Crippen LogP contribution in [0.4, 0.5) is 13.2 Å². The van der Waals surface area contributed by atoms with Crippen molar-refractivity contribution in [2.45, 2.75) is 13.1 Å². The van der Waals surface area contributed by atoms with Crippen molar-refractivity contribution in [1.29, 1.82) is 0 Å². The molecule has 0 amide bonds. The predicted octanol–water partition coefficient (Wildman–Crippen LogP) is -0.727. The zero-order chi connectivity index (χ0) is 24.8. The van der Waals surface area contributed by atoms with Crippen LogP contribution >= 0.6 is 11.5 Å². The number of benzene rings is 2. The van der Waals surface area contributed by atoms with E-state index in [1.165, 1.54) is 12.1 Å². The van der Waals surface area contributed by atoms with Gasteiger partial charge < -0.3 is 14.6 Å². The first kappa shape index (κ1) is 26.7. The largest absolute Gasteiger partial charge is 1.00 e. The number of hydrogen-bond donors (Lipinski definition) is 0. The summed E-state index contributed by atoms with van der Waals surface area (Å²) in [7, 11) is 0.943. The number of carboxylic acid groups (broad SMARTS) is 1. The van der Waals surface area contributed by atoms with Crippen LogP contribution in [-0.2, 0) is 18.0 Å². The van der Waals surface area contributed by atoms with Crippen LogP contribution in [0.3, 0.4) is 0 Å². The topological polar surface area (TPSA) is 106 Å². The van der Waals surface area contributed by atoms with Gasteiger partial charge in [-0.05, 0) is 54.4 Å². The van der Waals surface area contributed by atoms with Crippen molar-refractivity contribution >= 4 is 27.6 Å². The average molecular weight is 513 g/mol. The molecule has 35 heavy (non-hydrogen) atoms. The molecule has 4 aromatic rings. The number of halogens is 3. The third-order valence-electron chi connectivity index (χ3n) is 5.14. The zero-order valence-electron chi connectivity index (χ0n) is 18.7. The number of aromatic nitrogens is 3. The molecule has 0 aliphatic rings. The first-order valence-electron chi connectivity index (χ1n) is 9.71. The van der Waals surface area contributed by atoms with E-state index in [9.17, 15) is 32.7 Å². The van der Waals surface area contributed by atoms with Gasteiger partial charge in [0, 0.05) is 24.1 Å². The maximum atomic E-state index is 13.2.